The van der Waals surface area contributed by atoms with Crippen LogP contribution in [0.2, 0.25) is 0 Å². The first-order valence-corrected chi connectivity index (χ1v) is 7.11. The van der Waals surface area contributed by atoms with Crippen LogP contribution in [0, 0.1) is 5.92 Å². The number of nitrogens with zero attached hydrogens (tertiary/aromatic N) is 3. The van der Waals surface area contributed by atoms with Crippen molar-refractivity contribution in [1.29, 1.82) is 0 Å². The maximum atomic E-state index is 4.40. The van der Waals surface area contributed by atoms with Gasteiger partial charge in [-0.3, -0.25) is 0 Å². The number of halogens is 1. The van der Waals surface area contributed by atoms with Crippen LogP contribution < -0.4 is 10.6 Å². The van der Waals surface area contributed by atoms with Crippen LogP contribution in [-0.4, -0.2) is 48.6 Å². The van der Waals surface area contributed by atoms with E-state index in [1.165, 1.54) is 25.9 Å². The molecule has 0 amide bonds. The fraction of sp³-hybridized carbons (Fsp3) is 0.667. The summed E-state index contributed by atoms with van der Waals surface area (Å²) < 4.78 is 0.912. The van der Waals surface area contributed by atoms with Crippen molar-refractivity contribution in [2.45, 2.75) is 12.8 Å². The van der Waals surface area contributed by atoms with Crippen molar-refractivity contribution in [3.63, 3.8) is 0 Å². The summed E-state index contributed by atoms with van der Waals surface area (Å²) in [6.45, 7) is 3.37. The third kappa shape index (κ3) is 3.55. The number of likely N-dealkylation sites (tertiary alicyclic amines) is 1. The summed E-state index contributed by atoms with van der Waals surface area (Å²) in [6, 6.07) is 0. The van der Waals surface area contributed by atoms with Crippen LogP contribution in [0.4, 0.5) is 11.8 Å². The summed E-state index contributed by atoms with van der Waals surface area (Å²) in [6.07, 6.45) is 4.28. The van der Waals surface area contributed by atoms with Crippen LogP contribution in [0.1, 0.15) is 12.8 Å². The largest absolute Gasteiger partial charge is 0.369 e. The van der Waals surface area contributed by atoms with E-state index in [1.54, 1.807) is 6.20 Å². The van der Waals surface area contributed by atoms with Crippen LogP contribution in [-0.2, 0) is 0 Å². The van der Waals surface area contributed by atoms with Crippen LogP contribution in [0.15, 0.2) is 10.7 Å². The molecule has 0 aliphatic carbocycles. The number of nitrogens with one attached hydrogen (secondary N) is 2. The molecule has 1 aliphatic heterocycles. The fourth-order valence-corrected chi connectivity index (χ4v) is 2.45. The first kappa shape index (κ1) is 13.5. The highest BCUT2D eigenvalue weighted by molar-refractivity contribution is 9.10. The molecule has 0 aromatic carbocycles. The normalized spacial score (nSPS) is 17.7. The minimum atomic E-state index is 0.643. The molecule has 0 atom stereocenters. The molecule has 2 N–H and O–H groups in total. The first-order valence-electron chi connectivity index (χ1n) is 6.31. The Hall–Kier alpha value is -0.880. The van der Waals surface area contributed by atoms with Crippen LogP contribution in [0.5, 0.6) is 0 Å². The van der Waals surface area contributed by atoms with E-state index in [4.69, 9.17) is 0 Å². The third-order valence-corrected chi connectivity index (χ3v) is 3.94. The van der Waals surface area contributed by atoms with E-state index < -0.39 is 0 Å². The topological polar surface area (TPSA) is 53.1 Å². The van der Waals surface area contributed by atoms with E-state index in [2.05, 4.69) is 48.5 Å². The van der Waals surface area contributed by atoms with Gasteiger partial charge in [-0.2, -0.15) is 4.98 Å². The van der Waals surface area contributed by atoms with E-state index in [-0.39, 0.29) is 0 Å². The van der Waals surface area contributed by atoms with Gasteiger partial charge in [0, 0.05) is 19.8 Å². The van der Waals surface area contributed by atoms with Crippen molar-refractivity contribution >= 4 is 27.7 Å². The molecule has 1 fully saturated rings. The zero-order valence-electron chi connectivity index (χ0n) is 10.9. The molecule has 2 rings (SSSR count). The molecule has 6 heteroatoms. The maximum absolute atomic E-state index is 4.40. The van der Waals surface area contributed by atoms with Crippen molar-refractivity contribution in [3.8, 4) is 0 Å². The summed E-state index contributed by atoms with van der Waals surface area (Å²) in [4.78, 5) is 10.9. The Morgan fingerprint density at radius 1 is 1.44 bits per heavy atom. The molecule has 1 saturated heterocycles. The van der Waals surface area contributed by atoms with Crippen molar-refractivity contribution in [3.05, 3.63) is 10.7 Å². The SMILES string of the molecule is CNc1ncc(Br)c(NCC2CCN(C)CC2)n1. The molecular formula is C12H20BrN5. The predicted octanol–water partition coefficient (Wildman–Crippen LogP) is 2.03. The van der Waals surface area contributed by atoms with Gasteiger partial charge in [-0.05, 0) is 54.8 Å². The van der Waals surface area contributed by atoms with E-state index >= 15 is 0 Å². The van der Waals surface area contributed by atoms with Gasteiger partial charge in [-0.15, -0.1) is 0 Å². The quantitative estimate of drug-likeness (QED) is 0.891. The van der Waals surface area contributed by atoms with Gasteiger partial charge in [0.2, 0.25) is 5.95 Å². The fourth-order valence-electron chi connectivity index (χ4n) is 2.12. The number of piperidine rings is 1. The summed E-state index contributed by atoms with van der Waals surface area (Å²) in [5.41, 5.74) is 0. The van der Waals surface area contributed by atoms with Crippen molar-refractivity contribution in [2.75, 3.05) is 44.4 Å². The summed E-state index contributed by atoms with van der Waals surface area (Å²) >= 11 is 3.47. The molecule has 0 bridgehead atoms. The average molecular weight is 314 g/mol. The van der Waals surface area contributed by atoms with Gasteiger partial charge >= 0.3 is 0 Å². The van der Waals surface area contributed by atoms with E-state index in [9.17, 15) is 0 Å². The zero-order chi connectivity index (χ0) is 13.0. The molecule has 1 aliphatic rings. The second kappa shape index (κ2) is 6.33. The highest BCUT2D eigenvalue weighted by Gasteiger charge is 2.16. The highest BCUT2D eigenvalue weighted by atomic mass is 79.9. The highest BCUT2D eigenvalue weighted by Crippen LogP contribution is 2.22. The summed E-state index contributed by atoms with van der Waals surface area (Å²) in [5.74, 6) is 2.25. The zero-order valence-corrected chi connectivity index (χ0v) is 12.5. The molecule has 18 heavy (non-hydrogen) atoms. The Morgan fingerprint density at radius 2 is 2.17 bits per heavy atom. The summed E-state index contributed by atoms with van der Waals surface area (Å²) in [5, 5.41) is 6.36. The van der Waals surface area contributed by atoms with E-state index in [0.29, 0.717) is 5.95 Å². The molecule has 100 valence electrons. The van der Waals surface area contributed by atoms with E-state index in [0.717, 1.165) is 22.8 Å². The molecule has 1 aromatic rings. The smallest absolute Gasteiger partial charge is 0.224 e. The van der Waals surface area contributed by atoms with Crippen molar-refractivity contribution < 1.29 is 0 Å². The van der Waals surface area contributed by atoms with Crippen LogP contribution >= 0.6 is 15.9 Å². The number of aromatic nitrogens is 2. The van der Waals surface area contributed by atoms with Gasteiger partial charge in [-0.1, -0.05) is 0 Å². The lowest BCUT2D eigenvalue weighted by atomic mass is 9.97. The van der Waals surface area contributed by atoms with Gasteiger partial charge in [0.15, 0.2) is 0 Å². The molecule has 0 unspecified atom stereocenters. The van der Waals surface area contributed by atoms with Gasteiger partial charge in [0.25, 0.3) is 0 Å². The predicted molar refractivity (Wildman–Crippen MR) is 78.0 cm³/mol. The third-order valence-electron chi connectivity index (χ3n) is 3.36. The Labute approximate surface area is 117 Å². The number of anilines is 2. The number of hydrogen-bond donors (Lipinski definition) is 2. The number of hydrogen-bond acceptors (Lipinski definition) is 5. The van der Waals surface area contributed by atoms with Gasteiger partial charge in [0.1, 0.15) is 5.82 Å². The van der Waals surface area contributed by atoms with Crippen molar-refractivity contribution in [2.24, 2.45) is 5.92 Å². The molecular weight excluding hydrogens is 294 g/mol. The molecule has 0 saturated carbocycles. The van der Waals surface area contributed by atoms with E-state index in [1.807, 2.05) is 7.05 Å². The monoisotopic (exact) mass is 313 g/mol. The lowest BCUT2D eigenvalue weighted by Gasteiger charge is -2.29. The average Bonchev–Trinajstić information content (AvgIpc) is 2.40. The van der Waals surface area contributed by atoms with Crippen LogP contribution in [0.25, 0.3) is 0 Å². The van der Waals surface area contributed by atoms with Gasteiger partial charge in [-0.25, -0.2) is 4.98 Å². The lowest BCUT2D eigenvalue weighted by Crippen LogP contribution is -2.33. The standard InChI is InChI=1S/C12H20BrN5/c1-14-12-16-8-10(13)11(17-12)15-7-9-3-5-18(2)6-4-9/h8-9H,3-7H2,1-2H3,(H2,14,15,16,17). The molecule has 1 aromatic heterocycles. The minimum Gasteiger partial charge on any atom is -0.369 e. The van der Waals surface area contributed by atoms with Gasteiger partial charge < -0.3 is 15.5 Å². The Kier molecular flexibility index (Phi) is 4.77. The lowest BCUT2D eigenvalue weighted by molar-refractivity contribution is 0.226. The molecule has 0 spiro atoms. The Bertz CT molecular complexity index is 390. The Morgan fingerprint density at radius 3 is 2.83 bits per heavy atom. The molecule has 0 radical (unpaired) electrons. The Balaban J connectivity index is 1.89. The minimum absolute atomic E-state index is 0.643. The molecule has 2 heterocycles. The maximum Gasteiger partial charge on any atom is 0.224 e. The van der Waals surface area contributed by atoms with Crippen molar-refractivity contribution in [1.82, 2.24) is 14.9 Å². The number of rotatable bonds is 4. The first-order chi connectivity index (χ1) is 8.69. The van der Waals surface area contributed by atoms with Gasteiger partial charge in [0.05, 0.1) is 4.47 Å². The second-order valence-corrected chi connectivity index (χ2v) is 5.62. The second-order valence-electron chi connectivity index (χ2n) is 4.77. The van der Waals surface area contributed by atoms with Crippen LogP contribution in [0.3, 0.4) is 0 Å². The molecule has 5 nitrogen and oxygen atoms in total. The summed E-state index contributed by atoms with van der Waals surface area (Å²) in [7, 11) is 4.01.